The smallest absolute Gasteiger partial charge is 0.0543 e. The molecule has 0 saturated carbocycles. The van der Waals surface area contributed by atoms with Crippen molar-refractivity contribution in [3.8, 4) is 0 Å². The molecule has 0 fully saturated rings. The van der Waals surface area contributed by atoms with Crippen molar-refractivity contribution in [2.24, 2.45) is 0 Å². The highest BCUT2D eigenvalue weighted by Crippen LogP contribution is 2.28. The van der Waals surface area contributed by atoms with Crippen LogP contribution in [-0.4, -0.2) is 0 Å². The molecule has 0 nitrogen and oxygen atoms in total. The Morgan fingerprint density at radius 3 is 2.54 bits per heavy atom. The maximum Gasteiger partial charge on any atom is 0.0543 e. The van der Waals surface area contributed by atoms with E-state index in [1.165, 1.54) is 0 Å². The molecular formula is C10H12Cl2S. The highest BCUT2D eigenvalue weighted by molar-refractivity contribution is 7.80. The third-order valence-electron chi connectivity index (χ3n) is 1.92. The van der Waals surface area contributed by atoms with Gasteiger partial charge in [-0.2, -0.15) is 0 Å². The number of benzene rings is 1. The summed E-state index contributed by atoms with van der Waals surface area (Å²) < 4.78 is 0. The van der Waals surface area contributed by atoms with Crippen LogP contribution in [0.5, 0.6) is 0 Å². The molecule has 0 saturated heterocycles. The van der Waals surface area contributed by atoms with Crippen LogP contribution in [-0.2, 0) is 6.42 Å². The molecule has 0 aliphatic rings. The van der Waals surface area contributed by atoms with Crippen LogP contribution in [0.2, 0.25) is 10.0 Å². The van der Waals surface area contributed by atoms with Gasteiger partial charge in [0.25, 0.3) is 0 Å². The molecule has 72 valence electrons. The van der Waals surface area contributed by atoms with Crippen LogP contribution >= 0.6 is 35.8 Å². The number of aryl methyl sites for hydroxylation is 1. The summed E-state index contributed by atoms with van der Waals surface area (Å²) in [4.78, 5) is 0.743. The molecule has 0 atom stereocenters. The monoisotopic (exact) mass is 234 g/mol. The van der Waals surface area contributed by atoms with Gasteiger partial charge in [-0.25, -0.2) is 0 Å². The molecule has 1 aromatic rings. The zero-order valence-corrected chi connectivity index (χ0v) is 9.89. The molecule has 1 rings (SSSR count). The minimum absolute atomic E-state index is 0.679. The SMILES string of the molecule is CCCCc1cc(Cl)c(S)cc1Cl. The Bertz CT molecular complexity index is 297. The average molecular weight is 235 g/mol. The van der Waals surface area contributed by atoms with E-state index in [4.69, 9.17) is 23.2 Å². The van der Waals surface area contributed by atoms with Crippen molar-refractivity contribution in [1.29, 1.82) is 0 Å². The summed E-state index contributed by atoms with van der Waals surface area (Å²) >= 11 is 16.1. The molecule has 3 heteroatoms. The molecule has 0 heterocycles. The average Bonchev–Trinajstić information content (AvgIpc) is 2.09. The highest BCUT2D eigenvalue weighted by Gasteiger charge is 2.04. The van der Waals surface area contributed by atoms with Crippen molar-refractivity contribution in [1.82, 2.24) is 0 Å². The van der Waals surface area contributed by atoms with Gasteiger partial charge in [0.1, 0.15) is 0 Å². The van der Waals surface area contributed by atoms with Gasteiger partial charge in [-0.15, -0.1) is 12.6 Å². The highest BCUT2D eigenvalue weighted by atomic mass is 35.5. The second kappa shape index (κ2) is 5.14. The van der Waals surface area contributed by atoms with E-state index in [-0.39, 0.29) is 0 Å². The van der Waals surface area contributed by atoms with Gasteiger partial charge in [-0.3, -0.25) is 0 Å². The number of unbranched alkanes of at least 4 members (excludes halogenated alkanes) is 1. The second-order valence-electron chi connectivity index (χ2n) is 3.00. The lowest BCUT2D eigenvalue weighted by Crippen LogP contribution is -1.87. The van der Waals surface area contributed by atoms with Crippen LogP contribution in [0.4, 0.5) is 0 Å². The zero-order valence-electron chi connectivity index (χ0n) is 7.48. The van der Waals surface area contributed by atoms with Crippen LogP contribution in [0.25, 0.3) is 0 Å². The summed E-state index contributed by atoms with van der Waals surface area (Å²) in [6.07, 6.45) is 3.29. The van der Waals surface area contributed by atoms with Crippen LogP contribution in [0.15, 0.2) is 17.0 Å². The first kappa shape index (κ1) is 11.2. The molecule has 13 heavy (non-hydrogen) atoms. The molecule has 0 aliphatic carbocycles. The van der Waals surface area contributed by atoms with Gasteiger partial charge < -0.3 is 0 Å². The lowest BCUT2D eigenvalue weighted by Gasteiger charge is -2.05. The van der Waals surface area contributed by atoms with E-state index in [0.29, 0.717) is 5.02 Å². The lowest BCUT2D eigenvalue weighted by molar-refractivity contribution is 0.794. The summed E-state index contributed by atoms with van der Waals surface area (Å²) in [5.41, 5.74) is 1.12. The first-order valence-electron chi connectivity index (χ1n) is 4.32. The van der Waals surface area contributed by atoms with E-state index in [2.05, 4.69) is 19.6 Å². The van der Waals surface area contributed by atoms with Crippen molar-refractivity contribution in [2.45, 2.75) is 31.1 Å². The van der Waals surface area contributed by atoms with E-state index >= 15 is 0 Å². The fourth-order valence-corrected chi connectivity index (χ4v) is 1.85. The summed E-state index contributed by atoms with van der Waals surface area (Å²) in [5, 5.41) is 1.45. The van der Waals surface area contributed by atoms with Gasteiger partial charge in [-0.1, -0.05) is 36.5 Å². The molecule has 0 bridgehead atoms. The Morgan fingerprint density at radius 1 is 1.23 bits per heavy atom. The van der Waals surface area contributed by atoms with Crippen molar-refractivity contribution in [3.63, 3.8) is 0 Å². The Kier molecular flexibility index (Phi) is 4.43. The van der Waals surface area contributed by atoms with Crippen molar-refractivity contribution < 1.29 is 0 Å². The number of hydrogen-bond donors (Lipinski definition) is 1. The summed E-state index contributed by atoms with van der Waals surface area (Å²) in [7, 11) is 0. The molecule has 0 amide bonds. The minimum Gasteiger partial charge on any atom is -0.142 e. The van der Waals surface area contributed by atoms with Gasteiger partial charge in [0, 0.05) is 9.92 Å². The van der Waals surface area contributed by atoms with E-state index < -0.39 is 0 Å². The summed E-state index contributed by atoms with van der Waals surface area (Å²) in [5.74, 6) is 0. The minimum atomic E-state index is 0.679. The maximum absolute atomic E-state index is 6.03. The third-order valence-corrected chi connectivity index (χ3v) is 3.08. The fraction of sp³-hybridized carbons (Fsp3) is 0.400. The fourth-order valence-electron chi connectivity index (χ4n) is 1.14. The quantitative estimate of drug-likeness (QED) is 0.726. The summed E-state index contributed by atoms with van der Waals surface area (Å²) in [6, 6.07) is 3.71. The summed E-state index contributed by atoms with van der Waals surface area (Å²) in [6.45, 7) is 2.16. The number of hydrogen-bond acceptors (Lipinski definition) is 1. The lowest BCUT2D eigenvalue weighted by atomic mass is 10.1. The van der Waals surface area contributed by atoms with Crippen LogP contribution in [0.3, 0.4) is 0 Å². The topological polar surface area (TPSA) is 0 Å². The van der Waals surface area contributed by atoms with Crippen molar-refractivity contribution in [2.75, 3.05) is 0 Å². The predicted molar refractivity (Wildman–Crippen MR) is 62.3 cm³/mol. The molecule has 0 unspecified atom stereocenters. The third kappa shape index (κ3) is 3.08. The first-order valence-corrected chi connectivity index (χ1v) is 5.52. The zero-order chi connectivity index (χ0) is 9.84. The predicted octanol–water partition coefficient (Wildman–Crippen LogP) is 4.62. The molecular weight excluding hydrogens is 223 g/mol. The molecule has 0 aromatic heterocycles. The van der Waals surface area contributed by atoms with Crippen LogP contribution in [0, 0.1) is 0 Å². The second-order valence-corrected chi connectivity index (χ2v) is 4.29. The Balaban J connectivity index is 2.88. The first-order chi connectivity index (χ1) is 6.15. The Labute approximate surface area is 94.7 Å². The van der Waals surface area contributed by atoms with Gasteiger partial charge in [-0.05, 0) is 30.5 Å². The van der Waals surface area contributed by atoms with E-state index in [0.717, 1.165) is 34.7 Å². The number of thiol groups is 1. The van der Waals surface area contributed by atoms with E-state index in [9.17, 15) is 0 Å². The van der Waals surface area contributed by atoms with E-state index in [1.807, 2.05) is 6.07 Å². The normalized spacial score (nSPS) is 10.5. The van der Waals surface area contributed by atoms with Gasteiger partial charge in [0.05, 0.1) is 5.02 Å². The number of rotatable bonds is 3. The molecule has 0 N–H and O–H groups in total. The largest absolute Gasteiger partial charge is 0.142 e. The molecule has 0 radical (unpaired) electrons. The van der Waals surface area contributed by atoms with Crippen molar-refractivity contribution >= 4 is 35.8 Å². The molecule has 0 aliphatic heterocycles. The van der Waals surface area contributed by atoms with Crippen molar-refractivity contribution in [3.05, 3.63) is 27.7 Å². The Hall–Kier alpha value is 0.150. The van der Waals surface area contributed by atoms with Crippen LogP contribution < -0.4 is 0 Å². The maximum atomic E-state index is 6.03. The van der Waals surface area contributed by atoms with Gasteiger partial charge in [0.2, 0.25) is 0 Å². The Morgan fingerprint density at radius 2 is 1.92 bits per heavy atom. The number of halogens is 2. The van der Waals surface area contributed by atoms with Gasteiger partial charge in [0.15, 0.2) is 0 Å². The van der Waals surface area contributed by atoms with Crippen LogP contribution in [0.1, 0.15) is 25.3 Å². The standard InChI is InChI=1S/C10H12Cl2S/c1-2-3-4-7-5-9(12)10(13)6-8(7)11/h5-6,13H,2-4H2,1H3. The molecule has 0 spiro atoms. The molecule has 1 aromatic carbocycles. The van der Waals surface area contributed by atoms with Gasteiger partial charge >= 0.3 is 0 Å². The van der Waals surface area contributed by atoms with E-state index in [1.54, 1.807) is 6.07 Å².